The molecule has 1 aliphatic heterocycles. The van der Waals surface area contributed by atoms with Crippen LogP contribution in [0.5, 0.6) is 0 Å². The highest BCUT2D eigenvalue weighted by Crippen LogP contribution is 2.08. The maximum atomic E-state index is 13.1. The normalized spacial score (nSPS) is 16.4. The van der Waals surface area contributed by atoms with Gasteiger partial charge in [-0.3, -0.25) is 33.6 Å². The Morgan fingerprint density at radius 2 is 1.40 bits per heavy atom. The number of carboxylic acid groups (broad SMARTS) is 2. The maximum Gasteiger partial charge on any atom is 0.326 e. The molecule has 1 aliphatic rings. The van der Waals surface area contributed by atoms with Crippen LogP contribution in [0.2, 0.25) is 0 Å². The highest BCUT2D eigenvalue weighted by molar-refractivity contribution is 5.95. The second kappa shape index (κ2) is 18.2. The van der Waals surface area contributed by atoms with Crippen LogP contribution in [-0.2, 0) is 38.4 Å². The summed E-state index contributed by atoms with van der Waals surface area (Å²) in [6.07, 6.45) is 0.226. The van der Waals surface area contributed by atoms with Crippen LogP contribution in [0.15, 0.2) is 0 Å². The highest BCUT2D eigenvalue weighted by Gasteiger charge is 2.29. The number of rotatable bonds is 19. The van der Waals surface area contributed by atoms with Crippen molar-refractivity contribution in [2.24, 2.45) is 11.7 Å². The number of amides is 6. The zero-order valence-corrected chi connectivity index (χ0v) is 23.7. The van der Waals surface area contributed by atoms with Gasteiger partial charge in [-0.2, -0.15) is 0 Å². The molecule has 4 atom stereocenters. The average molecular weight is 600 g/mol. The minimum absolute atomic E-state index is 0.0665. The van der Waals surface area contributed by atoms with Gasteiger partial charge < -0.3 is 47.8 Å². The second-order valence-electron chi connectivity index (χ2n) is 10.3. The van der Waals surface area contributed by atoms with Crippen LogP contribution in [0.4, 0.5) is 0 Å². The average Bonchev–Trinajstić information content (AvgIpc) is 3.44. The van der Waals surface area contributed by atoms with Crippen molar-refractivity contribution in [1.29, 1.82) is 0 Å². The third kappa shape index (κ3) is 14.4. The van der Waals surface area contributed by atoms with Gasteiger partial charge in [-0.15, -0.1) is 0 Å². The molecule has 1 rings (SSSR count). The van der Waals surface area contributed by atoms with Gasteiger partial charge in [0.05, 0.1) is 19.1 Å². The van der Waals surface area contributed by atoms with Crippen molar-refractivity contribution in [2.45, 2.75) is 83.0 Å². The van der Waals surface area contributed by atoms with Crippen LogP contribution in [0.1, 0.15) is 58.8 Å². The topological polar surface area (TPSA) is 275 Å². The van der Waals surface area contributed by atoms with Crippen molar-refractivity contribution >= 4 is 47.4 Å². The fraction of sp³-hybridized carbons (Fsp3) is 0.680. The number of carbonyl (C=O) groups excluding carboxylic acids is 6. The van der Waals surface area contributed by atoms with E-state index in [1.54, 1.807) is 13.8 Å². The van der Waals surface area contributed by atoms with Crippen LogP contribution < -0.4 is 37.6 Å². The number of hydrogen-bond donors (Lipinski definition) is 9. The molecule has 6 amide bonds. The Bertz CT molecular complexity index is 1010. The Morgan fingerprint density at radius 1 is 0.810 bits per heavy atom. The molecule has 10 N–H and O–H groups in total. The van der Waals surface area contributed by atoms with Crippen LogP contribution in [-0.4, -0.2) is 101 Å². The largest absolute Gasteiger partial charge is 0.481 e. The van der Waals surface area contributed by atoms with E-state index < -0.39 is 72.6 Å². The summed E-state index contributed by atoms with van der Waals surface area (Å²) in [4.78, 5) is 96.1. The molecular weight excluding hydrogens is 558 g/mol. The van der Waals surface area contributed by atoms with Gasteiger partial charge >= 0.3 is 11.9 Å². The van der Waals surface area contributed by atoms with E-state index >= 15 is 0 Å². The molecule has 0 unspecified atom stereocenters. The van der Waals surface area contributed by atoms with Gasteiger partial charge in [0.15, 0.2) is 0 Å². The third-order valence-electron chi connectivity index (χ3n) is 6.17. The lowest BCUT2D eigenvalue weighted by Gasteiger charge is -2.24. The Labute approximate surface area is 242 Å². The quantitative estimate of drug-likeness (QED) is 0.0708. The monoisotopic (exact) mass is 599 g/mol. The minimum atomic E-state index is -1.50. The summed E-state index contributed by atoms with van der Waals surface area (Å²) in [5.74, 6) is -7.08. The molecule has 17 nitrogen and oxygen atoms in total. The van der Waals surface area contributed by atoms with Crippen LogP contribution >= 0.6 is 0 Å². The van der Waals surface area contributed by atoms with Gasteiger partial charge in [-0.25, -0.2) is 4.79 Å². The molecule has 0 spiro atoms. The third-order valence-corrected chi connectivity index (χ3v) is 6.17. The SMILES string of the molecule is CC(C)C[C@H](NC(=O)CNC(=O)[C@@H]1CCCN1)C(=O)N[C@@H](CCC(N)=O)C(=O)NCC(=O)N[C@@H](CCC(=O)O)C(=O)O. The number of carboxylic acids is 2. The number of carbonyl (C=O) groups is 8. The first-order valence-corrected chi connectivity index (χ1v) is 13.6. The molecule has 0 radical (unpaired) electrons. The Kier molecular flexibility index (Phi) is 15.5. The first kappa shape index (κ1) is 35.7. The van der Waals surface area contributed by atoms with E-state index in [0.29, 0.717) is 13.0 Å². The van der Waals surface area contributed by atoms with Gasteiger partial charge in [-0.05, 0) is 44.6 Å². The lowest BCUT2D eigenvalue weighted by Crippen LogP contribution is -2.56. The molecular formula is C25H41N7O10. The molecule has 17 heteroatoms. The van der Waals surface area contributed by atoms with E-state index in [2.05, 4.69) is 31.9 Å². The summed E-state index contributed by atoms with van der Waals surface area (Å²) in [5.41, 5.74) is 5.18. The molecule has 236 valence electrons. The predicted octanol–water partition coefficient (Wildman–Crippen LogP) is -3.31. The fourth-order valence-corrected chi connectivity index (χ4v) is 4.04. The van der Waals surface area contributed by atoms with Crippen LogP contribution in [0.3, 0.4) is 0 Å². The first-order chi connectivity index (χ1) is 19.7. The lowest BCUT2D eigenvalue weighted by atomic mass is 10.0. The molecule has 1 saturated heterocycles. The summed E-state index contributed by atoms with van der Waals surface area (Å²) < 4.78 is 0. The Balaban J connectivity index is 2.80. The number of aliphatic carboxylic acids is 2. The van der Waals surface area contributed by atoms with Gasteiger partial charge in [0.1, 0.15) is 18.1 Å². The van der Waals surface area contributed by atoms with Gasteiger partial charge in [0.2, 0.25) is 35.4 Å². The predicted molar refractivity (Wildman–Crippen MR) is 145 cm³/mol. The molecule has 0 aromatic rings. The fourth-order valence-electron chi connectivity index (χ4n) is 4.04. The molecule has 1 fully saturated rings. The summed E-state index contributed by atoms with van der Waals surface area (Å²) in [6, 6.07) is -4.34. The first-order valence-electron chi connectivity index (χ1n) is 13.6. The van der Waals surface area contributed by atoms with E-state index in [4.69, 9.17) is 15.9 Å². The molecule has 0 aromatic carbocycles. The zero-order chi connectivity index (χ0) is 31.8. The highest BCUT2D eigenvalue weighted by atomic mass is 16.4. The minimum Gasteiger partial charge on any atom is -0.481 e. The maximum absolute atomic E-state index is 13.1. The standard InChI is InChI=1S/C25H41N7O10/c1-13(2)10-17(31-20(35)12-28-22(38)14-4-3-9-27-14)24(40)32-15(5-7-18(26)33)23(39)29-11-19(34)30-16(25(41)42)6-8-21(36)37/h13-17,27H,3-12H2,1-2H3,(H2,26,33)(H,28,38)(H,29,39)(H,30,34)(H,31,35)(H,32,40)(H,36,37)(H,41,42)/t14-,15-,16-,17-/m0/s1. The zero-order valence-electron chi connectivity index (χ0n) is 23.7. The van der Waals surface area contributed by atoms with Crippen molar-refractivity contribution in [3.05, 3.63) is 0 Å². The summed E-state index contributed by atoms with van der Waals surface area (Å²) >= 11 is 0. The van der Waals surface area contributed by atoms with Crippen molar-refractivity contribution in [3.63, 3.8) is 0 Å². The van der Waals surface area contributed by atoms with Gasteiger partial charge in [0, 0.05) is 12.8 Å². The van der Waals surface area contributed by atoms with Crippen LogP contribution in [0, 0.1) is 5.92 Å². The van der Waals surface area contributed by atoms with Gasteiger partial charge in [-0.1, -0.05) is 13.8 Å². The molecule has 0 aromatic heterocycles. The molecule has 42 heavy (non-hydrogen) atoms. The number of nitrogens with two attached hydrogens (primary N) is 1. The summed E-state index contributed by atoms with van der Waals surface area (Å²) in [5, 5.41) is 32.7. The Morgan fingerprint density at radius 3 is 1.93 bits per heavy atom. The molecule has 1 heterocycles. The number of hydrogen-bond acceptors (Lipinski definition) is 9. The van der Waals surface area contributed by atoms with E-state index in [0.717, 1.165) is 6.42 Å². The van der Waals surface area contributed by atoms with Crippen molar-refractivity contribution in [1.82, 2.24) is 31.9 Å². The van der Waals surface area contributed by atoms with Crippen molar-refractivity contribution in [2.75, 3.05) is 19.6 Å². The summed E-state index contributed by atoms with van der Waals surface area (Å²) in [7, 11) is 0. The van der Waals surface area contributed by atoms with Crippen molar-refractivity contribution in [3.8, 4) is 0 Å². The number of primary amides is 1. The molecule has 0 saturated carbocycles. The van der Waals surface area contributed by atoms with E-state index in [1.165, 1.54) is 0 Å². The lowest BCUT2D eigenvalue weighted by molar-refractivity contribution is -0.143. The molecule has 0 bridgehead atoms. The summed E-state index contributed by atoms with van der Waals surface area (Å²) in [6.45, 7) is 3.23. The van der Waals surface area contributed by atoms with Crippen LogP contribution in [0.25, 0.3) is 0 Å². The number of nitrogens with one attached hydrogen (secondary N) is 6. The van der Waals surface area contributed by atoms with E-state index in [9.17, 15) is 38.4 Å². The van der Waals surface area contributed by atoms with E-state index in [-0.39, 0.29) is 50.1 Å². The van der Waals surface area contributed by atoms with Crippen molar-refractivity contribution < 1.29 is 48.6 Å². The molecule has 0 aliphatic carbocycles. The van der Waals surface area contributed by atoms with E-state index in [1.807, 2.05) is 0 Å². The smallest absolute Gasteiger partial charge is 0.326 e. The van der Waals surface area contributed by atoms with Gasteiger partial charge in [0.25, 0.3) is 0 Å². The second-order valence-corrected chi connectivity index (χ2v) is 10.3. The Hall–Kier alpha value is -4.28.